The second kappa shape index (κ2) is 44.3. The summed E-state index contributed by atoms with van der Waals surface area (Å²) >= 11 is 0. The zero-order chi connectivity index (χ0) is 47.3. The normalized spacial score (nSPS) is 14.5. The maximum Gasteiger partial charge on any atom is 0.306 e. The van der Waals surface area contributed by atoms with E-state index in [1.54, 1.807) is 0 Å². The highest BCUT2D eigenvalue weighted by Crippen LogP contribution is 2.38. The second-order valence-corrected chi connectivity index (χ2v) is 19.7. The number of amides is 1. The highest BCUT2D eigenvalue weighted by Gasteiger charge is 2.27. The van der Waals surface area contributed by atoms with Gasteiger partial charge in [-0.25, -0.2) is 0 Å². The summed E-state index contributed by atoms with van der Waals surface area (Å²) in [6.45, 7) is 6.55. The molecule has 1 N–H and O–H groups in total. The number of likely N-dealkylation sites (N-methyl/N-ethyl adjacent to an activating group) is 1. The van der Waals surface area contributed by atoms with Crippen LogP contribution in [0.25, 0.3) is 0 Å². The molecule has 1 amide bonds. The van der Waals surface area contributed by atoms with E-state index in [9.17, 15) is 19.0 Å². The Morgan fingerprint density at radius 2 is 1.08 bits per heavy atom. The van der Waals surface area contributed by atoms with E-state index in [-0.39, 0.29) is 24.9 Å². The number of quaternary nitrogens is 1. The number of carbonyl (C=O) groups is 2. The van der Waals surface area contributed by atoms with Crippen LogP contribution in [0.15, 0.2) is 72.9 Å². The van der Waals surface area contributed by atoms with Gasteiger partial charge in [-0.3, -0.25) is 14.2 Å². The van der Waals surface area contributed by atoms with E-state index >= 15 is 0 Å². The van der Waals surface area contributed by atoms with Crippen LogP contribution in [-0.2, 0) is 27.9 Å². The van der Waals surface area contributed by atoms with Crippen LogP contribution in [0.1, 0.15) is 207 Å². The summed E-state index contributed by atoms with van der Waals surface area (Å²) in [7, 11) is 1.15. The Morgan fingerprint density at radius 3 is 1.66 bits per heavy atom. The zero-order valence-electron chi connectivity index (χ0n) is 42.0. The average molecular weight is 917 g/mol. The fourth-order valence-electron chi connectivity index (χ4n) is 6.97. The van der Waals surface area contributed by atoms with Crippen molar-refractivity contribution in [3.05, 3.63) is 72.9 Å². The molecule has 0 aliphatic heterocycles. The van der Waals surface area contributed by atoms with Gasteiger partial charge in [0, 0.05) is 12.8 Å². The molecule has 0 spiro atoms. The maximum atomic E-state index is 13.4. The van der Waals surface area contributed by atoms with Gasteiger partial charge in [0.2, 0.25) is 5.91 Å². The number of phosphoric ester groups is 1. The van der Waals surface area contributed by atoms with Gasteiger partial charge in [-0.05, 0) is 76.7 Å². The van der Waals surface area contributed by atoms with Crippen LogP contribution < -0.4 is 10.2 Å². The largest absolute Gasteiger partial charge is 0.756 e. The van der Waals surface area contributed by atoms with Gasteiger partial charge in [-0.2, -0.15) is 0 Å². The molecular formula is C54H97N2O7P. The minimum Gasteiger partial charge on any atom is -0.756 e. The van der Waals surface area contributed by atoms with Crippen molar-refractivity contribution in [3.8, 4) is 0 Å². The molecule has 0 bridgehead atoms. The zero-order valence-corrected chi connectivity index (χ0v) is 42.9. The third-order valence-corrected chi connectivity index (χ3v) is 11.9. The van der Waals surface area contributed by atoms with E-state index in [0.29, 0.717) is 23.9 Å². The van der Waals surface area contributed by atoms with Crippen molar-refractivity contribution < 1.29 is 37.3 Å². The Bertz CT molecular complexity index is 1330. The molecule has 0 aliphatic carbocycles. The van der Waals surface area contributed by atoms with E-state index in [1.807, 2.05) is 39.4 Å². The lowest BCUT2D eigenvalue weighted by Crippen LogP contribution is -2.47. The van der Waals surface area contributed by atoms with E-state index in [2.05, 4.69) is 80.8 Å². The topological polar surface area (TPSA) is 114 Å². The molecule has 0 rings (SSSR count). The number of hydrogen-bond acceptors (Lipinski definition) is 7. The Kier molecular flexibility index (Phi) is 42.5. The van der Waals surface area contributed by atoms with Gasteiger partial charge in [-0.1, -0.05) is 190 Å². The van der Waals surface area contributed by atoms with Crippen molar-refractivity contribution in [1.29, 1.82) is 0 Å². The first kappa shape index (κ1) is 61.5. The summed E-state index contributed by atoms with van der Waals surface area (Å²) in [6.07, 6.45) is 54.4. The molecule has 3 unspecified atom stereocenters. The van der Waals surface area contributed by atoms with Crippen LogP contribution in [0.4, 0.5) is 0 Å². The number of nitrogens with zero attached hydrogens (tertiary/aromatic N) is 1. The fraction of sp³-hybridized carbons (Fsp3) is 0.741. The van der Waals surface area contributed by atoms with Crippen molar-refractivity contribution in [2.24, 2.45) is 0 Å². The Balaban J connectivity index is 5.46. The molecule has 0 aliphatic rings. The summed E-state index contributed by atoms with van der Waals surface area (Å²) in [5, 5.41) is 2.99. The number of unbranched alkanes of at least 4 members (excludes halogenated alkanes) is 21. The number of rotatable bonds is 45. The average Bonchev–Trinajstić information content (AvgIpc) is 3.25. The molecule has 370 valence electrons. The first-order valence-electron chi connectivity index (χ1n) is 25.8. The lowest BCUT2D eigenvalue weighted by atomic mass is 10.1. The third-order valence-electron chi connectivity index (χ3n) is 10.9. The molecule has 0 radical (unpaired) electrons. The quantitative estimate of drug-likeness (QED) is 0.0162. The van der Waals surface area contributed by atoms with Gasteiger partial charge in [0.1, 0.15) is 19.3 Å². The molecule has 0 heterocycles. The standard InChI is InChI=1S/C54H97N2O7P/c1-7-10-13-16-19-22-25-27-29-31-34-37-40-43-46-53(57)55-51(50-62-64(59,60)61-49-48-56(4,5)6)52(45-42-39-36-33-30-24-21-18-15-12-9-3)63-54(58)47-44-41-38-35-32-28-26-23-20-17-14-11-8-2/h10-11,13-14,17,19-20,22-23,26,42,45,51-52H,7-9,12,15-16,18,21,24-25,27-41,43-44,46-50H2,1-6H3,(H-,55,57,59,60)/b13-10+,14-11+,20-17+,22-19+,26-23-,45-42+. The summed E-state index contributed by atoms with van der Waals surface area (Å²) < 4.78 is 30.1. The number of ether oxygens (including phenoxy) is 1. The molecule has 3 atom stereocenters. The lowest BCUT2D eigenvalue weighted by molar-refractivity contribution is -0.870. The molecule has 0 saturated heterocycles. The van der Waals surface area contributed by atoms with Crippen LogP contribution in [0.2, 0.25) is 0 Å². The van der Waals surface area contributed by atoms with E-state index in [1.165, 1.54) is 64.2 Å². The molecule has 0 saturated carbocycles. The number of allylic oxidation sites excluding steroid dienone is 11. The molecule has 0 fully saturated rings. The van der Waals surface area contributed by atoms with Crippen molar-refractivity contribution >= 4 is 19.7 Å². The van der Waals surface area contributed by atoms with Crippen molar-refractivity contribution in [3.63, 3.8) is 0 Å². The summed E-state index contributed by atoms with van der Waals surface area (Å²) in [4.78, 5) is 39.6. The van der Waals surface area contributed by atoms with E-state index in [4.69, 9.17) is 13.8 Å². The number of phosphoric acid groups is 1. The van der Waals surface area contributed by atoms with Gasteiger partial charge in [-0.15, -0.1) is 0 Å². The van der Waals surface area contributed by atoms with Gasteiger partial charge in [0.15, 0.2) is 0 Å². The monoisotopic (exact) mass is 917 g/mol. The molecule has 0 aromatic carbocycles. The Labute approximate surface area is 393 Å². The van der Waals surface area contributed by atoms with Crippen molar-refractivity contribution in [2.45, 2.75) is 219 Å². The van der Waals surface area contributed by atoms with Gasteiger partial charge < -0.3 is 28.5 Å². The first-order chi connectivity index (χ1) is 30.9. The van der Waals surface area contributed by atoms with Gasteiger partial charge in [0.25, 0.3) is 7.82 Å². The number of esters is 1. The molecular weight excluding hydrogens is 820 g/mol. The summed E-state index contributed by atoms with van der Waals surface area (Å²) in [6, 6.07) is -0.901. The maximum absolute atomic E-state index is 13.4. The lowest BCUT2D eigenvalue weighted by Gasteiger charge is -2.30. The minimum absolute atomic E-state index is 0.0304. The molecule has 64 heavy (non-hydrogen) atoms. The minimum atomic E-state index is -4.70. The van der Waals surface area contributed by atoms with Crippen LogP contribution in [0.5, 0.6) is 0 Å². The highest BCUT2D eigenvalue weighted by molar-refractivity contribution is 7.45. The number of carbonyl (C=O) groups excluding carboxylic acids is 2. The SMILES string of the molecule is CC/C=C/C=C/C=C\CCCCCCCC(=O)OC(/C=C/CCCCCCCCCCC)C(COP(=O)([O-])OCC[N+](C)(C)C)NC(=O)CCCCCCCCC/C=C/C/C=C/CC. The Hall–Kier alpha value is -2.55. The predicted octanol–water partition coefficient (Wildman–Crippen LogP) is 14.3. The predicted molar refractivity (Wildman–Crippen MR) is 270 cm³/mol. The van der Waals surface area contributed by atoms with E-state index < -0.39 is 26.6 Å². The van der Waals surface area contributed by atoms with Gasteiger partial charge in [0.05, 0.1) is 33.8 Å². The highest BCUT2D eigenvalue weighted by atomic mass is 31.2. The van der Waals surface area contributed by atoms with Crippen LogP contribution in [-0.4, -0.2) is 69.4 Å². The van der Waals surface area contributed by atoms with Crippen LogP contribution in [0.3, 0.4) is 0 Å². The van der Waals surface area contributed by atoms with Crippen molar-refractivity contribution in [1.82, 2.24) is 5.32 Å². The summed E-state index contributed by atoms with van der Waals surface area (Å²) in [5.41, 5.74) is 0. The Morgan fingerprint density at radius 1 is 0.578 bits per heavy atom. The molecule has 0 aromatic rings. The molecule has 10 heteroatoms. The van der Waals surface area contributed by atoms with E-state index in [0.717, 1.165) is 103 Å². The third kappa shape index (κ3) is 44.6. The van der Waals surface area contributed by atoms with Crippen LogP contribution in [0, 0.1) is 0 Å². The molecule has 9 nitrogen and oxygen atoms in total. The smallest absolute Gasteiger partial charge is 0.306 e. The van der Waals surface area contributed by atoms with Crippen LogP contribution >= 0.6 is 7.82 Å². The number of nitrogens with one attached hydrogen (secondary N) is 1. The second-order valence-electron chi connectivity index (χ2n) is 18.3. The molecule has 0 aromatic heterocycles. The van der Waals surface area contributed by atoms with Gasteiger partial charge >= 0.3 is 5.97 Å². The van der Waals surface area contributed by atoms with Crippen molar-refractivity contribution in [2.75, 3.05) is 40.9 Å². The first-order valence-corrected chi connectivity index (χ1v) is 27.2. The fourth-order valence-corrected chi connectivity index (χ4v) is 7.69. The number of hydrogen-bond donors (Lipinski definition) is 1. The summed E-state index contributed by atoms with van der Waals surface area (Å²) in [5.74, 6) is -0.582.